The first-order chi connectivity index (χ1) is 13.6. The number of hydroxylamine groups is 2. The lowest BCUT2D eigenvalue weighted by atomic mass is 10.1. The molecule has 140 valence electrons. The van der Waals surface area contributed by atoms with Gasteiger partial charge in [-0.2, -0.15) is 0 Å². The van der Waals surface area contributed by atoms with E-state index in [0.29, 0.717) is 10.8 Å². The Bertz CT molecular complexity index is 1040. The van der Waals surface area contributed by atoms with Gasteiger partial charge in [-0.3, -0.25) is 9.59 Å². The van der Waals surface area contributed by atoms with Crippen LogP contribution in [0.2, 0.25) is 0 Å². The van der Waals surface area contributed by atoms with E-state index in [4.69, 9.17) is 4.84 Å². The molecule has 2 aromatic carbocycles. The molecule has 28 heavy (non-hydrogen) atoms. The minimum atomic E-state index is -0.715. The Hall–Kier alpha value is -3.32. The Labute approximate surface area is 165 Å². The highest BCUT2D eigenvalue weighted by atomic mass is 32.1. The number of hydrogen-bond donors (Lipinski definition) is 0. The highest BCUT2D eigenvalue weighted by Gasteiger charge is 2.38. The summed E-state index contributed by atoms with van der Waals surface area (Å²) >= 11 is 1.43. The molecule has 4 rings (SSSR count). The van der Waals surface area contributed by atoms with Gasteiger partial charge in [0, 0.05) is 10.9 Å². The second-order valence-electron chi connectivity index (χ2n) is 6.28. The number of amides is 2. The first kappa shape index (κ1) is 18.1. The van der Waals surface area contributed by atoms with Gasteiger partial charge in [0.2, 0.25) is 0 Å². The third-order valence-corrected chi connectivity index (χ3v) is 5.38. The van der Waals surface area contributed by atoms with Crippen molar-refractivity contribution in [2.24, 2.45) is 0 Å². The number of rotatable bonds is 5. The van der Waals surface area contributed by atoms with E-state index < -0.39 is 17.8 Å². The lowest BCUT2D eigenvalue weighted by molar-refractivity contribution is -0.167. The van der Waals surface area contributed by atoms with E-state index in [0.717, 1.165) is 17.0 Å². The van der Waals surface area contributed by atoms with Crippen molar-refractivity contribution in [2.45, 2.75) is 19.8 Å². The second kappa shape index (κ2) is 7.36. The van der Waals surface area contributed by atoms with Gasteiger partial charge in [0.1, 0.15) is 5.01 Å². The van der Waals surface area contributed by atoms with Crippen LogP contribution in [0.4, 0.5) is 0 Å². The summed E-state index contributed by atoms with van der Waals surface area (Å²) in [7, 11) is 0. The largest absolute Gasteiger partial charge is 0.339 e. The van der Waals surface area contributed by atoms with Gasteiger partial charge in [-0.25, -0.2) is 9.78 Å². The maximum atomic E-state index is 12.3. The molecule has 0 saturated carbocycles. The van der Waals surface area contributed by atoms with Crippen molar-refractivity contribution in [3.05, 3.63) is 76.3 Å². The normalized spacial score (nSPS) is 13.0. The quantitative estimate of drug-likeness (QED) is 0.619. The molecule has 3 aromatic rings. The van der Waals surface area contributed by atoms with Crippen LogP contribution in [0.3, 0.4) is 0 Å². The summed E-state index contributed by atoms with van der Waals surface area (Å²) in [6.07, 6.45) is 0.837. The number of benzene rings is 2. The van der Waals surface area contributed by atoms with Gasteiger partial charge in [0.25, 0.3) is 11.8 Å². The summed E-state index contributed by atoms with van der Waals surface area (Å²) in [6.45, 7) is 2.09. The van der Waals surface area contributed by atoms with Gasteiger partial charge in [-0.15, -0.1) is 11.3 Å². The first-order valence-electron chi connectivity index (χ1n) is 8.79. The van der Waals surface area contributed by atoms with Crippen molar-refractivity contribution >= 4 is 29.1 Å². The Kier molecular flexibility index (Phi) is 4.75. The zero-order chi connectivity index (χ0) is 19.7. The standard InChI is InChI=1S/C21H16N2O4S/c1-2-13-7-9-14(10-8-13)19-22-15(12-28-19)11-18(24)27-23-20(25)16-5-3-4-6-17(16)21(23)26/h3-10,12H,2,11H2,1H3. The molecule has 0 atom stereocenters. The molecular formula is C21H16N2O4S. The molecule has 7 heteroatoms. The fraction of sp³-hybridized carbons (Fsp3) is 0.143. The number of nitrogens with zero attached hydrogens (tertiary/aromatic N) is 2. The van der Waals surface area contributed by atoms with Crippen LogP contribution in [-0.2, 0) is 22.5 Å². The highest BCUT2D eigenvalue weighted by Crippen LogP contribution is 2.26. The van der Waals surface area contributed by atoms with Gasteiger partial charge in [-0.05, 0) is 24.1 Å². The predicted octanol–water partition coefficient (Wildman–Crippen LogP) is 3.67. The Morgan fingerprint density at radius 3 is 2.29 bits per heavy atom. The zero-order valence-electron chi connectivity index (χ0n) is 15.0. The summed E-state index contributed by atoms with van der Waals surface area (Å²) in [5.74, 6) is -1.99. The van der Waals surface area contributed by atoms with Crippen LogP contribution < -0.4 is 0 Å². The summed E-state index contributed by atoms with van der Waals surface area (Å²) < 4.78 is 0. The number of aryl methyl sites for hydroxylation is 1. The number of carbonyl (C=O) groups is 3. The SMILES string of the molecule is CCc1ccc(-c2nc(CC(=O)ON3C(=O)c4ccccc4C3=O)cs2)cc1. The first-order valence-corrected chi connectivity index (χ1v) is 9.67. The van der Waals surface area contributed by atoms with E-state index in [1.165, 1.54) is 29.0 Å². The van der Waals surface area contributed by atoms with Crippen LogP contribution in [0.15, 0.2) is 53.9 Å². The van der Waals surface area contributed by atoms with E-state index in [1.54, 1.807) is 17.5 Å². The number of hydrogen-bond acceptors (Lipinski definition) is 6. The number of fused-ring (bicyclic) bond motifs is 1. The van der Waals surface area contributed by atoms with Gasteiger partial charge in [-0.1, -0.05) is 48.4 Å². The third kappa shape index (κ3) is 3.32. The predicted molar refractivity (Wildman–Crippen MR) is 104 cm³/mol. The maximum absolute atomic E-state index is 12.3. The van der Waals surface area contributed by atoms with E-state index >= 15 is 0 Å². The van der Waals surface area contributed by atoms with Crippen LogP contribution in [0.5, 0.6) is 0 Å². The summed E-state index contributed by atoms with van der Waals surface area (Å²) in [4.78, 5) is 46.2. The molecule has 2 heterocycles. The lowest BCUT2D eigenvalue weighted by Gasteiger charge is -2.12. The van der Waals surface area contributed by atoms with Gasteiger partial charge in [0.15, 0.2) is 0 Å². The number of carbonyl (C=O) groups excluding carboxylic acids is 3. The lowest BCUT2D eigenvalue weighted by Crippen LogP contribution is -2.33. The Morgan fingerprint density at radius 1 is 1.04 bits per heavy atom. The summed E-state index contributed by atoms with van der Waals surface area (Å²) in [5, 5.41) is 3.09. The Balaban J connectivity index is 1.43. The van der Waals surface area contributed by atoms with Gasteiger partial charge >= 0.3 is 5.97 Å². The van der Waals surface area contributed by atoms with E-state index in [9.17, 15) is 14.4 Å². The van der Waals surface area contributed by atoms with Crippen LogP contribution in [-0.4, -0.2) is 27.8 Å². The monoisotopic (exact) mass is 392 g/mol. The number of imide groups is 1. The fourth-order valence-corrected chi connectivity index (χ4v) is 3.76. The third-order valence-electron chi connectivity index (χ3n) is 4.44. The molecule has 6 nitrogen and oxygen atoms in total. The van der Waals surface area contributed by atoms with E-state index in [2.05, 4.69) is 11.9 Å². The minimum Gasteiger partial charge on any atom is -0.329 e. The van der Waals surface area contributed by atoms with E-state index in [-0.39, 0.29) is 17.5 Å². The molecule has 1 aromatic heterocycles. The summed E-state index contributed by atoms with van der Waals surface area (Å²) in [5.41, 5.74) is 3.20. The van der Waals surface area contributed by atoms with Crippen LogP contribution in [0.1, 0.15) is 38.9 Å². The molecule has 0 saturated heterocycles. The average molecular weight is 392 g/mol. The van der Waals surface area contributed by atoms with Crippen molar-refractivity contribution in [3.63, 3.8) is 0 Å². The van der Waals surface area contributed by atoms with Crippen LogP contribution >= 0.6 is 11.3 Å². The molecule has 1 aliphatic heterocycles. The molecular weight excluding hydrogens is 376 g/mol. The van der Waals surface area contributed by atoms with Crippen molar-refractivity contribution in [3.8, 4) is 10.6 Å². The molecule has 0 unspecified atom stereocenters. The fourth-order valence-electron chi connectivity index (χ4n) is 2.94. The molecule has 0 radical (unpaired) electrons. The molecule has 0 N–H and O–H groups in total. The van der Waals surface area contributed by atoms with Crippen molar-refractivity contribution < 1.29 is 19.2 Å². The topological polar surface area (TPSA) is 76.6 Å². The minimum absolute atomic E-state index is 0.128. The summed E-state index contributed by atoms with van der Waals surface area (Å²) in [6, 6.07) is 14.5. The maximum Gasteiger partial charge on any atom is 0.339 e. The molecule has 0 spiro atoms. The highest BCUT2D eigenvalue weighted by molar-refractivity contribution is 7.13. The molecule has 0 bridgehead atoms. The number of aromatic nitrogens is 1. The van der Waals surface area contributed by atoms with Crippen molar-refractivity contribution in [1.82, 2.24) is 10.0 Å². The Morgan fingerprint density at radius 2 is 1.68 bits per heavy atom. The van der Waals surface area contributed by atoms with Crippen molar-refractivity contribution in [2.75, 3.05) is 0 Å². The van der Waals surface area contributed by atoms with E-state index in [1.807, 2.05) is 24.3 Å². The molecule has 2 amide bonds. The smallest absolute Gasteiger partial charge is 0.329 e. The zero-order valence-corrected chi connectivity index (χ0v) is 15.9. The number of thiazole rings is 1. The molecule has 1 aliphatic rings. The molecule has 0 aliphatic carbocycles. The van der Waals surface area contributed by atoms with Crippen LogP contribution in [0.25, 0.3) is 10.6 Å². The average Bonchev–Trinajstić information content (AvgIpc) is 3.27. The van der Waals surface area contributed by atoms with Crippen molar-refractivity contribution in [1.29, 1.82) is 0 Å². The van der Waals surface area contributed by atoms with Gasteiger partial charge < -0.3 is 4.84 Å². The molecule has 0 fully saturated rings. The van der Waals surface area contributed by atoms with Crippen LogP contribution in [0, 0.1) is 0 Å². The van der Waals surface area contributed by atoms with Gasteiger partial charge in [0.05, 0.1) is 23.2 Å². The second-order valence-corrected chi connectivity index (χ2v) is 7.14.